The Hall–Kier alpha value is -1.46. The third kappa shape index (κ3) is 2.30. The number of halogens is 2. The number of alkyl halides is 1. The second-order valence-electron chi connectivity index (χ2n) is 3.75. The zero-order valence-electron chi connectivity index (χ0n) is 9.09. The molecule has 6 heteroatoms. The SMILES string of the molecule is CC(c1ccc(Cl)cc1)C(O)(F)n1cncn1. The number of hydrogen-bond donors (Lipinski definition) is 1. The van der Waals surface area contributed by atoms with Gasteiger partial charge in [0.25, 0.3) is 0 Å². The monoisotopic (exact) mass is 255 g/mol. The maximum Gasteiger partial charge on any atom is 0.313 e. The standard InChI is InChI=1S/C11H11ClFN3O/c1-8(9-2-4-10(12)5-3-9)11(13,17)16-7-14-6-15-16/h2-8,17H,1H3. The van der Waals surface area contributed by atoms with E-state index in [-0.39, 0.29) is 0 Å². The van der Waals surface area contributed by atoms with Gasteiger partial charge >= 0.3 is 5.98 Å². The predicted octanol–water partition coefficient (Wildman–Crippen LogP) is 2.31. The average Bonchev–Trinajstić information content (AvgIpc) is 2.83. The Kier molecular flexibility index (Phi) is 3.13. The number of benzene rings is 1. The maximum atomic E-state index is 14.2. The third-order valence-electron chi connectivity index (χ3n) is 2.66. The molecule has 0 radical (unpaired) electrons. The van der Waals surface area contributed by atoms with E-state index in [4.69, 9.17) is 11.6 Å². The van der Waals surface area contributed by atoms with Crippen LogP contribution in [0.3, 0.4) is 0 Å². The molecular weight excluding hydrogens is 245 g/mol. The van der Waals surface area contributed by atoms with Gasteiger partial charge in [0.05, 0.1) is 5.92 Å². The van der Waals surface area contributed by atoms with Crippen LogP contribution in [0.2, 0.25) is 5.02 Å². The predicted molar refractivity (Wildman–Crippen MR) is 61.2 cm³/mol. The van der Waals surface area contributed by atoms with E-state index in [2.05, 4.69) is 10.1 Å². The van der Waals surface area contributed by atoms with Crippen molar-refractivity contribution in [2.75, 3.05) is 0 Å². The van der Waals surface area contributed by atoms with Gasteiger partial charge in [-0.05, 0) is 17.7 Å². The molecule has 0 bridgehead atoms. The van der Waals surface area contributed by atoms with Crippen molar-refractivity contribution >= 4 is 11.6 Å². The van der Waals surface area contributed by atoms with Gasteiger partial charge in [-0.2, -0.15) is 14.2 Å². The van der Waals surface area contributed by atoms with Gasteiger partial charge in [-0.15, -0.1) is 0 Å². The number of hydrogen-bond acceptors (Lipinski definition) is 3. The highest BCUT2D eigenvalue weighted by Crippen LogP contribution is 2.33. The van der Waals surface area contributed by atoms with E-state index in [0.717, 1.165) is 11.0 Å². The summed E-state index contributed by atoms with van der Waals surface area (Å²) < 4.78 is 15.0. The zero-order chi connectivity index (χ0) is 12.5. The van der Waals surface area contributed by atoms with Crippen LogP contribution in [0.4, 0.5) is 4.39 Å². The molecule has 4 nitrogen and oxygen atoms in total. The van der Waals surface area contributed by atoms with Crippen LogP contribution in [-0.4, -0.2) is 19.9 Å². The molecule has 2 atom stereocenters. The minimum atomic E-state index is -2.62. The normalized spacial score (nSPS) is 16.5. The van der Waals surface area contributed by atoms with E-state index in [1.165, 1.54) is 6.33 Å². The Bertz CT molecular complexity index is 484. The van der Waals surface area contributed by atoms with Gasteiger partial charge in [-0.1, -0.05) is 30.7 Å². The summed E-state index contributed by atoms with van der Waals surface area (Å²) in [6.07, 6.45) is 2.30. The van der Waals surface area contributed by atoms with E-state index >= 15 is 0 Å². The van der Waals surface area contributed by atoms with Crippen LogP contribution in [0, 0.1) is 0 Å². The second kappa shape index (κ2) is 4.43. The van der Waals surface area contributed by atoms with Crippen LogP contribution >= 0.6 is 11.6 Å². The molecule has 0 spiro atoms. The van der Waals surface area contributed by atoms with Crippen LogP contribution < -0.4 is 0 Å². The largest absolute Gasteiger partial charge is 0.343 e. The molecule has 1 N–H and O–H groups in total. The lowest BCUT2D eigenvalue weighted by Gasteiger charge is -2.25. The van der Waals surface area contributed by atoms with E-state index in [1.54, 1.807) is 31.2 Å². The number of nitrogens with zero attached hydrogens (tertiary/aromatic N) is 3. The molecular formula is C11H11ClFN3O. The van der Waals surface area contributed by atoms with Crippen molar-refractivity contribution < 1.29 is 9.50 Å². The summed E-state index contributed by atoms with van der Waals surface area (Å²) in [4.78, 5) is 3.61. The van der Waals surface area contributed by atoms with Crippen molar-refractivity contribution in [1.82, 2.24) is 14.8 Å². The fourth-order valence-corrected chi connectivity index (χ4v) is 1.66. The van der Waals surface area contributed by atoms with Crippen molar-refractivity contribution in [3.05, 3.63) is 47.5 Å². The highest BCUT2D eigenvalue weighted by molar-refractivity contribution is 6.30. The Morgan fingerprint density at radius 2 is 2.06 bits per heavy atom. The molecule has 0 fully saturated rings. The van der Waals surface area contributed by atoms with Gasteiger partial charge in [-0.3, -0.25) is 0 Å². The number of aliphatic hydroxyl groups is 1. The van der Waals surface area contributed by atoms with Crippen molar-refractivity contribution in [2.45, 2.75) is 18.8 Å². The Morgan fingerprint density at radius 1 is 1.41 bits per heavy atom. The summed E-state index contributed by atoms with van der Waals surface area (Å²) in [6.45, 7) is 1.56. The lowest BCUT2D eigenvalue weighted by Crippen LogP contribution is -2.34. The van der Waals surface area contributed by atoms with Gasteiger partial charge in [-0.25, -0.2) is 4.98 Å². The zero-order valence-corrected chi connectivity index (χ0v) is 9.84. The van der Waals surface area contributed by atoms with E-state index < -0.39 is 11.9 Å². The molecule has 2 aromatic rings. The first-order valence-corrected chi connectivity index (χ1v) is 5.41. The van der Waals surface area contributed by atoms with Crippen molar-refractivity contribution in [3.8, 4) is 0 Å². The molecule has 0 aliphatic heterocycles. The molecule has 0 saturated carbocycles. The molecule has 90 valence electrons. The lowest BCUT2D eigenvalue weighted by atomic mass is 9.98. The summed E-state index contributed by atoms with van der Waals surface area (Å²) in [5.41, 5.74) is 0.620. The van der Waals surface area contributed by atoms with Gasteiger partial charge in [0, 0.05) is 5.02 Å². The molecule has 0 aliphatic carbocycles. The number of rotatable bonds is 3. The fraction of sp³-hybridized carbons (Fsp3) is 0.273. The summed E-state index contributed by atoms with van der Waals surface area (Å²) >= 11 is 5.75. The lowest BCUT2D eigenvalue weighted by molar-refractivity contribution is -0.187. The van der Waals surface area contributed by atoms with Gasteiger partial charge in [0.1, 0.15) is 12.7 Å². The van der Waals surface area contributed by atoms with Gasteiger partial charge < -0.3 is 5.11 Å². The summed E-state index contributed by atoms with van der Waals surface area (Å²) in [5.74, 6) is -3.41. The molecule has 17 heavy (non-hydrogen) atoms. The Labute approximate surface area is 103 Å². The van der Waals surface area contributed by atoms with Crippen LogP contribution in [-0.2, 0) is 5.98 Å². The van der Waals surface area contributed by atoms with Crippen molar-refractivity contribution in [1.29, 1.82) is 0 Å². The molecule has 0 saturated heterocycles. The Morgan fingerprint density at radius 3 is 2.59 bits per heavy atom. The first-order chi connectivity index (χ1) is 8.01. The third-order valence-corrected chi connectivity index (χ3v) is 2.91. The summed E-state index contributed by atoms with van der Waals surface area (Å²) in [6, 6.07) is 6.61. The van der Waals surface area contributed by atoms with Crippen molar-refractivity contribution in [3.63, 3.8) is 0 Å². The van der Waals surface area contributed by atoms with Crippen molar-refractivity contribution in [2.24, 2.45) is 0 Å². The van der Waals surface area contributed by atoms with Crippen LogP contribution in [0.15, 0.2) is 36.9 Å². The smallest absolute Gasteiger partial charge is 0.313 e. The minimum Gasteiger partial charge on any atom is -0.343 e. The highest BCUT2D eigenvalue weighted by atomic mass is 35.5. The van der Waals surface area contributed by atoms with Crippen LogP contribution in [0.5, 0.6) is 0 Å². The van der Waals surface area contributed by atoms with E-state index in [1.807, 2.05) is 0 Å². The fourth-order valence-electron chi connectivity index (χ4n) is 1.53. The quantitative estimate of drug-likeness (QED) is 0.916. The van der Waals surface area contributed by atoms with Crippen LogP contribution in [0.1, 0.15) is 18.4 Å². The van der Waals surface area contributed by atoms with E-state index in [9.17, 15) is 9.50 Å². The second-order valence-corrected chi connectivity index (χ2v) is 4.19. The maximum absolute atomic E-state index is 14.2. The molecule has 2 unspecified atom stereocenters. The van der Waals surface area contributed by atoms with Crippen LogP contribution in [0.25, 0.3) is 0 Å². The van der Waals surface area contributed by atoms with Gasteiger partial charge in [0.2, 0.25) is 0 Å². The molecule has 1 heterocycles. The topological polar surface area (TPSA) is 50.9 Å². The van der Waals surface area contributed by atoms with Gasteiger partial charge in [0.15, 0.2) is 0 Å². The minimum absolute atomic E-state index is 0.559. The molecule has 2 rings (SSSR count). The first kappa shape index (κ1) is 12.0. The molecule has 1 aromatic carbocycles. The molecule has 0 amide bonds. The molecule has 1 aromatic heterocycles. The Balaban J connectivity index is 2.31. The number of aromatic nitrogens is 3. The average molecular weight is 256 g/mol. The summed E-state index contributed by atoms with van der Waals surface area (Å²) in [5, 5.41) is 14.0. The summed E-state index contributed by atoms with van der Waals surface area (Å²) in [7, 11) is 0. The van der Waals surface area contributed by atoms with E-state index in [0.29, 0.717) is 10.6 Å². The molecule has 0 aliphatic rings. The first-order valence-electron chi connectivity index (χ1n) is 5.03. The highest BCUT2D eigenvalue weighted by Gasteiger charge is 2.37.